The predicted octanol–water partition coefficient (Wildman–Crippen LogP) is 6.01. The van der Waals surface area contributed by atoms with Crippen LogP contribution in [0.2, 0.25) is 0 Å². The highest BCUT2D eigenvalue weighted by Gasteiger charge is 2.27. The molecule has 0 radical (unpaired) electrons. The van der Waals surface area contributed by atoms with Crippen molar-refractivity contribution < 1.29 is 14.3 Å². The highest BCUT2D eigenvalue weighted by Crippen LogP contribution is 2.36. The van der Waals surface area contributed by atoms with Crippen molar-refractivity contribution in [3.05, 3.63) is 41.6 Å². The van der Waals surface area contributed by atoms with E-state index in [0.717, 1.165) is 83.5 Å². The van der Waals surface area contributed by atoms with E-state index in [4.69, 9.17) is 9.72 Å². The maximum absolute atomic E-state index is 12.8. The maximum atomic E-state index is 12.8. The van der Waals surface area contributed by atoms with Crippen LogP contribution >= 0.6 is 11.3 Å². The van der Waals surface area contributed by atoms with E-state index >= 15 is 0 Å². The van der Waals surface area contributed by atoms with Crippen LogP contribution in [0.3, 0.4) is 0 Å². The molecule has 202 valence electrons. The van der Waals surface area contributed by atoms with Gasteiger partial charge in [-0.2, -0.15) is 0 Å². The molecule has 1 saturated heterocycles. The fourth-order valence-electron chi connectivity index (χ4n) is 4.76. The zero-order chi connectivity index (χ0) is 26.9. The van der Waals surface area contributed by atoms with Gasteiger partial charge in [0, 0.05) is 47.5 Å². The molecule has 1 aliphatic carbocycles. The number of anilines is 1. The molecule has 2 amide bonds. The lowest BCUT2D eigenvalue weighted by atomic mass is 9.94. The molecule has 1 aromatic carbocycles. The first-order valence-electron chi connectivity index (χ1n) is 13.6. The van der Waals surface area contributed by atoms with Crippen LogP contribution in [0, 0.1) is 12.8 Å². The van der Waals surface area contributed by atoms with Crippen LogP contribution in [-0.4, -0.2) is 58.1 Å². The lowest BCUT2D eigenvalue weighted by Crippen LogP contribution is -2.41. The van der Waals surface area contributed by atoms with E-state index in [0.29, 0.717) is 17.9 Å². The summed E-state index contributed by atoms with van der Waals surface area (Å²) in [5.74, 6) is 1.16. The molecule has 2 fully saturated rings. The number of rotatable bonds is 7. The summed E-state index contributed by atoms with van der Waals surface area (Å²) in [5, 5.41) is 7.47. The molecule has 5 rings (SSSR count). The van der Waals surface area contributed by atoms with Gasteiger partial charge < -0.3 is 20.3 Å². The average Bonchev–Trinajstić information content (AvgIpc) is 3.58. The smallest absolute Gasteiger partial charge is 0.410 e. The molecule has 3 aromatic rings. The summed E-state index contributed by atoms with van der Waals surface area (Å²) in [6.45, 7) is 9.95. The average molecular weight is 536 g/mol. The van der Waals surface area contributed by atoms with Gasteiger partial charge in [-0.3, -0.25) is 4.79 Å². The Morgan fingerprint density at radius 3 is 2.63 bits per heavy atom. The van der Waals surface area contributed by atoms with E-state index in [1.54, 1.807) is 11.3 Å². The van der Waals surface area contributed by atoms with E-state index in [-0.39, 0.29) is 12.0 Å². The zero-order valence-corrected chi connectivity index (χ0v) is 23.5. The second-order valence-corrected chi connectivity index (χ2v) is 12.5. The summed E-state index contributed by atoms with van der Waals surface area (Å²) in [6, 6.07) is 8.31. The quantitative estimate of drug-likeness (QED) is 0.385. The molecule has 8 nitrogen and oxygen atoms in total. The van der Waals surface area contributed by atoms with Gasteiger partial charge in [0.1, 0.15) is 5.60 Å². The van der Waals surface area contributed by atoms with E-state index in [1.165, 1.54) is 0 Å². The van der Waals surface area contributed by atoms with Crippen molar-refractivity contribution in [2.24, 2.45) is 5.92 Å². The third kappa shape index (κ3) is 6.43. The van der Waals surface area contributed by atoms with Gasteiger partial charge in [-0.1, -0.05) is 6.07 Å². The second-order valence-electron chi connectivity index (χ2n) is 11.4. The highest BCUT2D eigenvalue weighted by molar-refractivity contribution is 7.22. The number of thiophene rings is 1. The normalized spacial score (nSPS) is 16.5. The Hall–Kier alpha value is -3.20. The Labute approximate surface area is 228 Å². The van der Waals surface area contributed by atoms with Gasteiger partial charge in [-0.15, -0.1) is 11.3 Å². The number of aromatic nitrogens is 2. The molecular weight excluding hydrogens is 498 g/mol. The number of carbonyl (C=O) groups is 2. The lowest BCUT2D eigenvalue weighted by molar-refractivity contribution is 0.0182. The molecule has 1 saturated carbocycles. The molecule has 3 heterocycles. The van der Waals surface area contributed by atoms with E-state index < -0.39 is 5.60 Å². The van der Waals surface area contributed by atoms with E-state index in [2.05, 4.69) is 27.8 Å². The van der Waals surface area contributed by atoms with Gasteiger partial charge in [0.05, 0.1) is 10.6 Å². The van der Waals surface area contributed by atoms with Gasteiger partial charge in [0.25, 0.3) is 5.91 Å². The number of carbonyl (C=O) groups excluding carboxylic acids is 2. The molecule has 9 heteroatoms. The fourth-order valence-corrected chi connectivity index (χ4v) is 5.90. The number of fused-ring (bicyclic) bond motifs is 1. The molecule has 1 aliphatic heterocycles. The van der Waals surface area contributed by atoms with Gasteiger partial charge in [-0.25, -0.2) is 14.8 Å². The number of ether oxygens (including phenoxy) is 1. The monoisotopic (exact) mass is 535 g/mol. The number of nitrogens with zero attached hydrogens (tertiary/aromatic N) is 3. The van der Waals surface area contributed by atoms with E-state index in [1.807, 2.05) is 50.9 Å². The molecule has 0 atom stereocenters. The molecule has 2 N–H and O–H groups in total. The Kier molecular flexibility index (Phi) is 7.56. The first kappa shape index (κ1) is 26.4. The second kappa shape index (κ2) is 10.9. The van der Waals surface area contributed by atoms with Crippen molar-refractivity contribution in [3.8, 4) is 10.6 Å². The molecule has 0 spiro atoms. The summed E-state index contributed by atoms with van der Waals surface area (Å²) in [7, 11) is 0. The topological polar surface area (TPSA) is 96.5 Å². The van der Waals surface area contributed by atoms with Crippen LogP contribution < -0.4 is 10.6 Å². The summed E-state index contributed by atoms with van der Waals surface area (Å²) >= 11 is 1.65. The molecule has 38 heavy (non-hydrogen) atoms. The van der Waals surface area contributed by atoms with Crippen LogP contribution in [0.15, 0.2) is 30.5 Å². The number of amides is 2. The Balaban J connectivity index is 1.19. The number of nitrogens with one attached hydrogen (secondary N) is 2. The summed E-state index contributed by atoms with van der Waals surface area (Å²) in [4.78, 5) is 37.3. The minimum absolute atomic E-state index is 0.00106. The van der Waals surface area contributed by atoms with Gasteiger partial charge in [0.15, 0.2) is 0 Å². The lowest BCUT2D eigenvalue weighted by Gasteiger charge is -2.33. The van der Waals surface area contributed by atoms with Crippen molar-refractivity contribution in [2.75, 3.05) is 25.0 Å². The number of likely N-dealkylation sites (tertiary alicyclic amines) is 1. The van der Waals surface area contributed by atoms with Crippen LogP contribution in [0.5, 0.6) is 0 Å². The number of benzene rings is 1. The molecule has 0 unspecified atom stereocenters. The predicted molar refractivity (Wildman–Crippen MR) is 152 cm³/mol. The zero-order valence-electron chi connectivity index (χ0n) is 22.7. The number of piperidine rings is 1. The van der Waals surface area contributed by atoms with Gasteiger partial charge >= 0.3 is 6.09 Å². The maximum Gasteiger partial charge on any atom is 0.410 e. The van der Waals surface area contributed by atoms with Crippen molar-refractivity contribution in [1.29, 1.82) is 0 Å². The van der Waals surface area contributed by atoms with Crippen molar-refractivity contribution in [3.63, 3.8) is 0 Å². The SMILES string of the molecule is Cc1cnc(NCCC2CCN(C(=O)OC(C)(C)C)CC2)nc1-c1cc2c(C(=O)NC3CC3)cccc2s1. The molecule has 2 aromatic heterocycles. The van der Waals surface area contributed by atoms with Crippen molar-refractivity contribution >= 4 is 39.4 Å². The third-order valence-electron chi connectivity index (χ3n) is 7.03. The number of hydrogen-bond acceptors (Lipinski definition) is 7. The summed E-state index contributed by atoms with van der Waals surface area (Å²) in [5.41, 5.74) is 2.15. The Bertz CT molecular complexity index is 1320. The first-order valence-corrected chi connectivity index (χ1v) is 14.4. The molecule has 0 bridgehead atoms. The van der Waals surface area contributed by atoms with E-state index in [9.17, 15) is 9.59 Å². The van der Waals surface area contributed by atoms with Crippen LogP contribution in [-0.2, 0) is 4.74 Å². The summed E-state index contributed by atoms with van der Waals surface area (Å²) < 4.78 is 6.58. The first-order chi connectivity index (χ1) is 18.2. The van der Waals surface area contributed by atoms with Crippen LogP contribution in [0.4, 0.5) is 10.7 Å². The molecule has 2 aliphatic rings. The van der Waals surface area contributed by atoms with Gasteiger partial charge in [0.2, 0.25) is 5.95 Å². The highest BCUT2D eigenvalue weighted by atomic mass is 32.1. The van der Waals surface area contributed by atoms with Crippen molar-refractivity contribution in [2.45, 2.75) is 71.4 Å². The molecular formula is C29H37N5O3S. The Morgan fingerprint density at radius 2 is 1.92 bits per heavy atom. The van der Waals surface area contributed by atoms with Gasteiger partial charge in [-0.05, 0) is 89.5 Å². The largest absolute Gasteiger partial charge is 0.444 e. The fraction of sp³-hybridized carbons (Fsp3) is 0.517. The number of aryl methyl sites for hydroxylation is 1. The van der Waals surface area contributed by atoms with Crippen molar-refractivity contribution in [1.82, 2.24) is 20.2 Å². The number of hydrogen-bond donors (Lipinski definition) is 2. The minimum Gasteiger partial charge on any atom is -0.444 e. The minimum atomic E-state index is -0.465. The standard InChI is InChI=1S/C29H37N5O3S/c1-18-17-31-27(30-13-10-19-11-14-34(15-12-19)28(36)37-29(2,3)4)33-25(18)24-16-22-21(6-5-7-23(22)38-24)26(35)32-20-8-9-20/h5-7,16-17,19-20H,8-15H2,1-4H3,(H,32,35)(H,30,31,33). The summed E-state index contributed by atoms with van der Waals surface area (Å²) in [6.07, 6.45) is 6.71. The Morgan fingerprint density at radius 1 is 1.16 bits per heavy atom. The van der Waals surface area contributed by atoms with Crippen LogP contribution in [0.25, 0.3) is 20.7 Å². The van der Waals surface area contributed by atoms with Crippen LogP contribution in [0.1, 0.15) is 68.8 Å². The third-order valence-corrected chi connectivity index (χ3v) is 8.13.